The SMILES string of the molecule is Ic1cccc(Nc2ccc3nnnn3n2)c1. The number of aromatic nitrogens is 5. The van der Waals surface area contributed by atoms with Crippen LogP contribution in [0, 0.1) is 3.57 Å². The molecule has 0 radical (unpaired) electrons. The zero-order valence-electron chi connectivity index (χ0n) is 8.58. The Labute approximate surface area is 110 Å². The van der Waals surface area contributed by atoms with Crippen molar-refractivity contribution in [2.24, 2.45) is 0 Å². The number of benzene rings is 1. The normalized spacial score (nSPS) is 10.6. The van der Waals surface area contributed by atoms with E-state index in [0.717, 1.165) is 9.26 Å². The molecule has 1 aromatic carbocycles. The van der Waals surface area contributed by atoms with Gasteiger partial charge in [-0.3, -0.25) is 0 Å². The number of rotatable bonds is 2. The van der Waals surface area contributed by atoms with Crippen molar-refractivity contribution >= 4 is 39.7 Å². The zero-order chi connectivity index (χ0) is 11.7. The Kier molecular flexibility index (Phi) is 2.59. The van der Waals surface area contributed by atoms with Crippen LogP contribution in [0.15, 0.2) is 36.4 Å². The summed E-state index contributed by atoms with van der Waals surface area (Å²) in [6.45, 7) is 0. The maximum atomic E-state index is 4.23. The van der Waals surface area contributed by atoms with E-state index in [1.54, 1.807) is 0 Å². The van der Waals surface area contributed by atoms with Crippen LogP contribution in [0.4, 0.5) is 11.5 Å². The van der Waals surface area contributed by atoms with Gasteiger partial charge in [-0.25, -0.2) is 0 Å². The van der Waals surface area contributed by atoms with E-state index in [2.05, 4.69) is 48.5 Å². The van der Waals surface area contributed by atoms with Crippen LogP contribution in [-0.4, -0.2) is 25.3 Å². The summed E-state index contributed by atoms with van der Waals surface area (Å²) in [5.74, 6) is 0.701. The first-order valence-corrected chi connectivity index (χ1v) is 5.97. The van der Waals surface area contributed by atoms with Crippen LogP contribution in [0.5, 0.6) is 0 Å². The van der Waals surface area contributed by atoms with Crippen LogP contribution in [0.25, 0.3) is 5.65 Å². The van der Waals surface area contributed by atoms with Crippen LogP contribution in [-0.2, 0) is 0 Å². The molecule has 0 amide bonds. The van der Waals surface area contributed by atoms with Gasteiger partial charge in [0.25, 0.3) is 0 Å². The van der Waals surface area contributed by atoms with Gasteiger partial charge >= 0.3 is 0 Å². The van der Waals surface area contributed by atoms with Crippen molar-refractivity contribution in [2.45, 2.75) is 0 Å². The minimum absolute atomic E-state index is 0.623. The van der Waals surface area contributed by atoms with Crippen molar-refractivity contribution in [1.82, 2.24) is 25.3 Å². The lowest BCUT2D eigenvalue weighted by molar-refractivity contribution is 0.736. The van der Waals surface area contributed by atoms with E-state index >= 15 is 0 Å². The molecule has 1 N–H and O–H groups in total. The molecule has 2 heterocycles. The fraction of sp³-hybridized carbons (Fsp3) is 0. The van der Waals surface area contributed by atoms with Gasteiger partial charge in [-0.05, 0) is 63.3 Å². The number of halogens is 1. The summed E-state index contributed by atoms with van der Waals surface area (Å²) in [6, 6.07) is 11.7. The number of anilines is 2. The first kappa shape index (κ1) is 10.4. The van der Waals surface area contributed by atoms with Gasteiger partial charge < -0.3 is 5.32 Å². The number of hydrogen-bond donors (Lipinski definition) is 1. The molecule has 6 nitrogen and oxygen atoms in total. The molecule has 0 saturated carbocycles. The second-order valence-electron chi connectivity index (χ2n) is 3.38. The average Bonchev–Trinajstić information content (AvgIpc) is 2.76. The molecular weight excluding hydrogens is 331 g/mol. The standard InChI is InChI=1S/C10H7IN6/c11-7-2-1-3-8(6-7)12-9-4-5-10-13-15-16-17(10)14-9/h1-6H,(H,12,14). The predicted molar refractivity (Wildman–Crippen MR) is 71.0 cm³/mol. The van der Waals surface area contributed by atoms with E-state index in [9.17, 15) is 0 Å². The summed E-state index contributed by atoms with van der Waals surface area (Å²) < 4.78 is 2.55. The van der Waals surface area contributed by atoms with Gasteiger partial charge in [-0.15, -0.1) is 14.8 Å². The Hall–Kier alpha value is -1.77. The average molecular weight is 338 g/mol. The molecule has 2 aromatic heterocycles. The highest BCUT2D eigenvalue weighted by Gasteiger charge is 2.01. The molecule has 0 spiro atoms. The molecule has 0 aliphatic carbocycles. The number of nitrogens with zero attached hydrogens (tertiary/aromatic N) is 5. The van der Waals surface area contributed by atoms with Crippen molar-refractivity contribution in [3.05, 3.63) is 40.0 Å². The van der Waals surface area contributed by atoms with E-state index in [4.69, 9.17) is 0 Å². The third kappa shape index (κ3) is 2.18. The van der Waals surface area contributed by atoms with E-state index in [1.165, 1.54) is 4.63 Å². The second kappa shape index (κ2) is 4.24. The predicted octanol–water partition coefficient (Wildman–Crippen LogP) is 1.87. The first-order valence-electron chi connectivity index (χ1n) is 4.89. The third-order valence-electron chi connectivity index (χ3n) is 2.17. The molecule has 0 atom stereocenters. The molecule has 0 aliphatic heterocycles. The minimum Gasteiger partial charge on any atom is -0.339 e. The zero-order valence-corrected chi connectivity index (χ0v) is 10.7. The van der Waals surface area contributed by atoms with Crippen LogP contribution < -0.4 is 5.32 Å². The lowest BCUT2D eigenvalue weighted by atomic mass is 10.3. The largest absolute Gasteiger partial charge is 0.339 e. The Bertz CT molecular complexity index is 664. The lowest BCUT2D eigenvalue weighted by Gasteiger charge is -2.04. The monoisotopic (exact) mass is 338 g/mol. The molecule has 0 saturated heterocycles. The van der Waals surface area contributed by atoms with Crippen LogP contribution in [0.2, 0.25) is 0 Å². The molecule has 0 unspecified atom stereocenters. The molecule has 0 bridgehead atoms. The van der Waals surface area contributed by atoms with Crippen molar-refractivity contribution < 1.29 is 0 Å². The van der Waals surface area contributed by atoms with E-state index in [1.807, 2.05) is 36.4 Å². The number of nitrogens with one attached hydrogen (secondary N) is 1. The maximum Gasteiger partial charge on any atom is 0.200 e. The van der Waals surface area contributed by atoms with E-state index < -0.39 is 0 Å². The van der Waals surface area contributed by atoms with Gasteiger partial charge in [0, 0.05) is 9.26 Å². The fourth-order valence-corrected chi connectivity index (χ4v) is 1.97. The van der Waals surface area contributed by atoms with Gasteiger partial charge in [0.1, 0.15) is 0 Å². The van der Waals surface area contributed by atoms with Crippen LogP contribution in [0.3, 0.4) is 0 Å². The quantitative estimate of drug-likeness (QED) is 0.723. The highest BCUT2D eigenvalue weighted by atomic mass is 127. The van der Waals surface area contributed by atoms with Crippen molar-refractivity contribution in [2.75, 3.05) is 5.32 Å². The minimum atomic E-state index is 0.623. The molecule has 3 rings (SSSR count). The molecule has 0 aliphatic rings. The van der Waals surface area contributed by atoms with Gasteiger partial charge in [0.05, 0.1) is 0 Å². The molecule has 17 heavy (non-hydrogen) atoms. The van der Waals surface area contributed by atoms with Gasteiger partial charge in [0.15, 0.2) is 11.5 Å². The summed E-state index contributed by atoms with van der Waals surface area (Å²) in [6.07, 6.45) is 0. The Morgan fingerprint density at radius 3 is 3.00 bits per heavy atom. The number of hydrogen-bond acceptors (Lipinski definition) is 5. The lowest BCUT2D eigenvalue weighted by Crippen LogP contribution is -2.00. The number of fused-ring (bicyclic) bond motifs is 1. The fourth-order valence-electron chi connectivity index (χ4n) is 1.43. The van der Waals surface area contributed by atoms with Gasteiger partial charge in [-0.2, -0.15) is 0 Å². The third-order valence-corrected chi connectivity index (χ3v) is 2.84. The first-order chi connectivity index (χ1) is 8.31. The molecule has 3 aromatic rings. The highest BCUT2D eigenvalue weighted by Crippen LogP contribution is 2.16. The molecule has 0 fully saturated rings. The Morgan fingerprint density at radius 1 is 1.18 bits per heavy atom. The molecule has 7 heteroatoms. The van der Waals surface area contributed by atoms with Gasteiger partial charge in [-0.1, -0.05) is 6.07 Å². The molecule has 84 valence electrons. The van der Waals surface area contributed by atoms with Crippen molar-refractivity contribution in [3.63, 3.8) is 0 Å². The summed E-state index contributed by atoms with van der Waals surface area (Å²) in [4.78, 5) is 0. The summed E-state index contributed by atoms with van der Waals surface area (Å²) in [5, 5.41) is 18.5. The topological polar surface area (TPSA) is 68.0 Å². The smallest absolute Gasteiger partial charge is 0.200 e. The van der Waals surface area contributed by atoms with Crippen LogP contribution >= 0.6 is 22.6 Å². The van der Waals surface area contributed by atoms with E-state index in [-0.39, 0.29) is 0 Å². The number of tetrazole rings is 1. The van der Waals surface area contributed by atoms with E-state index in [0.29, 0.717) is 11.5 Å². The summed E-state index contributed by atoms with van der Waals surface area (Å²) in [7, 11) is 0. The second-order valence-corrected chi connectivity index (χ2v) is 4.63. The highest BCUT2D eigenvalue weighted by molar-refractivity contribution is 14.1. The summed E-state index contributed by atoms with van der Waals surface area (Å²) >= 11 is 2.26. The molecular formula is C10H7IN6. The van der Waals surface area contributed by atoms with Crippen molar-refractivity contribution in [3.8, 4) is 0 Å². The maximum absolute atomic E-state index is 4.23. The van der Waals surface area contributed by atoms with Crippen molar-refractivity contribution in [1.29, 1.82) is 0 Å². The van der Waals surface area contributed by atoms with Crippen LogP contribution in [0.1, 0.15) is 0 Å². The summed E-state index contributed by atoms with van der Waals surface area (Å²) in [5.41, 5.74) is 1.61. The van der Waals surface area contributed by atoms with Gasteiger partial charge in [0.2, 0.25) is 0 Å². The Balaban J connectivity index is 1.94. The Morgan fingerprint density at radius 2 is 2.12 bits per heavy atom.